The Morgan fingerprint density at radius 1 is 1.21 bits per heavy atom. The van der Waals surface area contributed by atoms with E-state index in [0.717, 1.165) is 30.0 Å². The van der Waals surface area contributed by atoms with Crippen molar-refractivity contribution in [1.29, 1.82) is 0 Å². The van der Waals surface area contributed by atoms with Crippen LogP contribution in [0.15, 0.2) is 36.4 Å². The van der Waals surface area contributed by atoms with Gasteiger partial charge in [0, 0.05) is 18.2 Å². The number of fused-ring (bicyclic) bond motifs is 1. The number of benzene rings is 2. The standard InChI is InChI=1S/C21H21FN2O4/c1-28-18-11-16(4-5-17(18)22)24(27)19(25)14-2-3-15-12-21(7-6-13(15)10-14)8-9-23-20(21)26/h2-5,10-11,27H,6-9,12H2,1H3,(H,23,26)/t21-/m0/s1. The second kappa shape index (κ2) is 6.91. The van der Waals surface area contributed by atoms with Gasteiger partial charge in [0.25, 0.3) is 5.91 Å². The summed E-state index contributed by atoms with van der Waals surface area (Å²) < 4.78 is 18.5. The van der Waals surface area contributed by atoms with Crippen LogP contribution in [-0.4, -0.2) is 30.7 Å². The number of halogens is 1. The smallest absolute Gasteiger partial charge is 0.281 e. The Morgan fingerprint density at radius 3 is 2.75 bits per heavy atom. The fraction of sp³-hybridized carbons (Fsp3) is 0.333. The van der Waals surface area contributed by atoms with Gasteiger partial charge in [-0.25, -0.2) is 4.39 Å². The SMILES string of the molecule is COc1cc(N(O)C(=O)c2ccc3c(c2)CC[C@]2(CCNC2=O)C3)ccc1F. The van der Waals surface area contributed by atoms with Crippen LogP contribution in [0.2, 0.25) is 0 Å². The van der Waals surface area contributed by atoms with Crippen molar-refractivity contribution in [3.05, 3.63) is 58.9 Å². The molecule has 1 saturated heterocycles. The molecule has 1 aliphatic heterocycles. The van der Waals surface area contributed by atoms with Gasteiger partial charge < -0.3 is 10.1 Å². The molecule has 2 N–H and O–H groups in total. The third-order valence-electron chi connectivity index (χ3n) is 5.80. The van der Waals surface area contributed by atoms with Gasteiger partial charge in [-0.05, 0) is 61.1 Å². The molecule has 2 aliphatic rings. The van der Waals surface area contributed by atoms with Gasteiger partial charge in [-0.1, -0.05) is 6.07 Å². The number of nitrogens with zero attached hydrogens (tertiary/aromatic N) is 1. The van der Waals surface area contributed by atoms with E-state index < -0.39 is 11.7 Å². The van der Waals surface area contributed by atoms with Crippen LogP contribution >= 0.6 is 0 Å². The molecule has 146 valence electrons. The van der Waals surface area contributed by atoms with E-state index in [-0.39, 0.29) is 22.8 Å². The van der Waals surface area contributed by atoms with Crippen LogP contribution < -0.4 is 15.1 Å². The van der Waals surface area contributed by atoms with Crippen LogP contribution in [-0.2, 0) is 17.6 Å². The molecule has 2 aromatic rings. The Balaban J connectivity index is 1.57. The fourth-order valence-corrected chi connectivity index (χ4v) is 4.13. The number of hydroxylamine groups is 1. The normalized spacial score (nSPS) is 20.6. The summed E-state index contributed by atoms with van der Waals surface area (Å²) in [6.45, 7) is 0.714. The van der Waals surface area contributed by atoms with E-state index in [4.69, 9.17) is 4.74 Å². The van der Waals surface area contributed by atoms with Gasteiger partial charge >= 0.3 is 0 Å². The number of hydrogen-bond acceptors (Lipinski definition) is 4. The number of carbonyl (C=O) groups excluding carboxylic acids is 2. The summed E-state index contributed by atoms with van der Waals surface area (Å²) in [5.74, 6) is -1.14. The molecule has 0 saturated carbocycles. The van der Waals surface area contributed by atoms with Crippen molar-refractivity contribution >= 4 is 17.5 Å². The average Bonchev–Trinajstić information content (AvgIpc) is 3.06. The van der Waals surface area contributed by atoms with E-state index in [1.54, 1.807) is 12.1 Å². The summed E-state index contributed by atoms with van der Waals surface area (Å²) in [6, 6.07) is 8.96. The number of methoxy groups -OCH3 is 1. The van der Waals surface area contributed by atoms with Crippen LogP contribution in [0.5, 0.6) is 5.75 Å². The highest BCUT2D eigenvalue weighted by Crippen LogP contribution is 2.41. The molecule has 7 heteroatoms. The summed E-state index contributed by atoms with van der Waals surface area (Å²) in [7, 11) is 1.31. The molecule has 1 fully saturated rings. The maximum atomic E-state index is 13.6. The molecule has 2 amide bonds. The van der Waals surface area contributed by atoms with Crippen LogP contribution in [0.1, 0.15) is 34.3 Å². The van der Waals surface area contributed by atoms with Gasteiger partial charge in [0.1, 0.15) is 0 Å². The third kappa shape index (κ3) is 3.01. The highest BCUT2D eigenvalue weighted by Gasteiger charge is 2.44. The first-order valence-corrected chi connectivity index (χ1v) is 9.20. The van der Waals surface area contributed by atoms with E-state index in [0.29, 0.717) is 30.0 Å². The van der Waals surface area contributed by atoms with Crippen LogP contribution in [0.3, 0.4) is 0 Å². The summed E-state index contributed by atoms with van der Waals surface area (Å²) in [4.78, 5) is 24.9. The largest absolute Gasteiger partial charge is 0.494 e. The summed E-state index contributed by atoms with van der Waals surface area (Å²) in [5, 5.41) is 13.7. The summed E-state index contributed by atoms with van der Waals surface area (Å²) in [6.07, 6.45) is 2.96. The number of rotatable bonds is 3. The third-order valence-corrected chi connectivity index (χ3v) is 5.80. The monoisotopic (exact) mass is 384 g/mol. The molecule has 1 aliphatic carbocycles. The Morgan fingerprint density at radius 2 is 2.04 bits per heavy atom. The second-order valence-electron chi connectivity index (χ2n) is 7.38. The molecular weight excluding hydrogens is 363 g/mol. The first-order chi connectivity index (χ1) is 13.4. The maximum absolute atomic E-state index is 13.6. The number of ether oxygens (including phenoxy) is 1. The molecule has 0 aromatic heterocycles. The second-order valence-corrected chi connectivity index (χ2v) is 7.38. The first kappa shape index (κ1) is 18.4. The van der Waals surface area contributed by atoms with E-state index in [2.05, 4.69) is 5.32 Å². The van der Waals surface area contributed by atoms with Crippen molar-refractivity contribution in [3.8, 4) is 5.75 Å². The topological polar surface area (TPSA) is 78.9 Å². The van der Waals surface area contributed by atoms with Crippen LogP contribution in [0, 0.1) is 11.2 Å². The summed E-state index contributed by atoms with van der Waals surface area (Å²) in [5.41, 5.74) is 2.19. The van der Waals surface area contributed by atoms with Gasteiger partial charge in [-0.15, -0.1) is 0 Å². The molecule has 1 heterocycles. The molecule has 4 rings (SSSR count). The minimum absolute atomic E-state index is 0.0603. The minimum Gasteiger partial charge on any atom is -0.494 e. The zero-order valence-corrected chi connectivity index (χ0v) is 15.5. The number of hydrogen-bond donors (Lipinski definition) is 2. The predicted octanol–water partition coefficient (Wildman–Crippen LogP) is 2.87. The number of nitrogens with one attached hydrogen (secondary N) is 1. The van der Waals surface area contributed by atoms with E-state index in [1.807, 2.05) is 6.07 Å². The van der Waals surface area contributed by atoms with Gasteiger partial charge in [-0.3, -0.25) is 14.8 Å². The molecule has 0 unspecified atom stereocenters. The molecular formula is C21H21FN2O4. The predicted molar refractivity (Wildman–Crippen MR) is 100 cm³/mol. The van der Waals surface area contributed by atoms with Gasteiger partial charge in [-0.2, -0.15) is 5.06 Å². The van der Waals surface area contributed by atoms with E-state index in [9.17, 15) is 19.2 Å². The number of amides is 2. The minimum atomic E-state index is -0.615. The van der Waals surface area contributed by atoms with Crippen molar-refractivity contribution in [2.45, 2.75) is 25.7 Å². The Bertz CT molecular complexity index is 961. The quantitative estimate of drug-likeness (QED) is 0.630. The zero-order valence-electron chi connectivity index (χ0n) is 15.5. The average molecular weight is 384 g/mol. The Kier molecular flexibility index (Phi) is 4.55. The van der Waals surface area contributed by atoms with Crippen molar-refractivity contribution in [2.24, 2.45) is 5.41 Å². The number of carbonyl (C=O) groups is 2. The first-order valence-electron chi connectivity index (χ1n) is 9.20. The van der Waals surface area contributed by atoms with Gasteiger partial charge in [0.15, 0.2) is 11.6 Å². The number of anilines is 1. The van der Waals surface area contributed by atoms with Crippen molar-refractivity contribution in [3.63, 3.8) is 0 Å². The Labute approximate surface area is 161 Å². The van der Waals surface area contributed by atoms with Gasteiger partial charge in [0.05, 0.1) is 18.2 Å². The number of aryl methyl sites for hydroxylation is 1. The molecule has 2 aromatic carbocycles. The van der Waals surface area contributed by atoms with Crippen molar-refractivity contribution in [1.82, 2.24) is 5.32 Å². The molecule has 1 atom stereocenters. The Hall–Kier alpha value is -2.93. The molecule has 0 bridgehead atoms. The van der Waals surface area contributed by atoms with Crippen LogP contribution in [0.25, 0.3) is 0 Å². The molecule has 1 spiro atoms. The molecule has 28 heavy (non-hydrogen) atoms. The lowest BCUT2D eigenvalue weighted by Gasteiger charge is -2.32. The lowest BCUT2D eigenvalue weighted by atomic mass is 9.70. The van der Waals surface area contributed by atoms with Crippen molar-refractivity contribution in [2.75, 3.05) is 18.7 Å². The fourth-order valence-electron chi connectivity index (χ4n) is 4.13. The van der Waals surface area contributed by atoms with Crippen molar-refractivity contribution < 1.29 is 23.9 Å². The van der Waals surface area contributed by atoms with E-state index >= 15 is 0 Å². The zero-order chi connectivity index (χ0) is 19.9. The highest BCUT2D eigenvalue weighted by molar-refractivity contribution is 6.04. The lowest BCUT2D eigenvalue weighted by Crippen LogP contribution is -2.36. The lowest BCUT2D eigenvalue weighted by molar-refractivity contribution is -0.128. The highest BCUT2D eigenvalue weighted by atomic mass is 19.1. The molecule has 0 radical (unpaired) electrons. The van der Waals surface area contributed by atoms with Gasteiger partial charge in [0.2, 0.25) is 5.91 Å². The van der Waals surface area contributed by atoms with Crippen LogP contribution in [0.4, 0.5) is 10.1 Å². The van der Waals surface area contributed by atoms with E-state index in [1.165, 1.54) is 19.2 Å². The maximum Gasteiger partial charge on any atom is 0.281 e. The molecule has 6 nitrogen and oxygen atoms in total. The summed E-state index contributed by atoms with van der Waals surface area (Å²) >= 11 is 0.